The lowest BCUT2D eigenvalue weighted by Gasteiger charge is -2.13. The molecule has 3 N–H and O–H groups in total. The zero-order valence-corrected chi connectivity index (χ0v) is 13.9. The zero-order valence-electron chi connectivity index (χ0n) is 11.5. The van der Waals surface area contributed by atoms with Gasteiger partial charge in [0.2, 0.25) is 0 Å². The number of methoxy groups -OCH3 is 1. The van der Waals surface area contributed by atoms with E-state index in [4.69, 9.17) is 15.2 Å². The molecule has 0 aliphatic carbocycles. The predicted molar refractivity (Wildman–Crippen MR) is 88.6 cm³/mol. The van der Waals surface area contributed by atoms with Crippen LogP contribution in [0.4, 0.5) is 0 Å². The van der Waals surface area contributed by atoms with Gasteiger partial charge in [0.15, 0.2) is 16.6 Å². The number of hydrogen-bond acceptors (Lipinski definition) is 4. The highest BCUT2D eigenvalue weighted by molar-refractivity contribution is 9.10. The van der Waals surface area contributed by atoms with Gasteiger partial charge in [-0.2, -0.15) is 5.10 Å². The number of ether oxygens (including phenoxy) is 2. The maximum Gasteiger partial charge on any atom is 0.184 e. The summed E-state index contributed by atoms with van der Waals surface area (Å²) in [5.74, 6) is 1.34. The Balaban J connectivity index is 2.88. The van der Waals surface area contributed by atoms with Crippen LogP contribution in [0.25, 0.3) is 0 Å². The standard InChI is InChI=1S/C13H18BrN3O2S/c1-3-4-5-19-12-10(14)6-9(7-11(12)18-2)8-16-17-13(15)20/h6-8H,3-5H2,1-2H3,(H3,15,17,20). The molecule has 0 saturated carbocycles. The third kappa shape index (κ3) is 5.34. The van der Waals surface area contributed by atoms with Crippen molar-refractivity contribution in [1.82, 2.24) is 5.43 Å². The second-order valence-corrected chi connectivity index (χ2v) is 5.26. The molecule has 0 aliphatic rings. The van der Waals surface area contributed by atoms with E-state index in [1.807, 2.05) is 12.1 Å². The van der Waals surface area contributed by atoms with E-state index in [0.29, 0.717) is 18.1 Å². The van der Waals surface area contributed by atoms with Gasteiger partial charge >= 0.3 is 0 Å². The van der Waals surface area contributed by atoms with Crippen molar-refractivity contribution in [3.63, 3.8) is 0 Å². The quantitative estimate of drug-likeness (QED) is 0.339. The zero-order chi connectivity index (χ0) is 15.0. The number of hydrazone groups is 1. The Bertz CT molecular complexity index is 495. The highest BCUT2D eigenvalue weighted by Crippen LogP contribution is 2.36. The van der Waals surface area contributed by atoms with Gasteiger partial charge < -0.3 is 15.2 Å². The van der Waals surface area contributed by atoms with E-state index in [-0.39, 0.29) is 5.11 Å². The molecular formula is C13H18BrN3O2S. The summed E-state index contributed by atoms with van der Waals surface area (Å²) >= 11 is 8.14. The number of nitrogens with zero attached hydrogens (tertiary/aromatic N) is 1. The van der Waals surface area contributed by atoms with E-state index in [0.717, 1.165) is 22.9 Å². The number of benzene rings is 1. The van der Waals surface area contributed by atoms with Crippen molar-refractivity contribution in [2.45, 2.75) is 19.8 Å². The van der Waals surface area contributed by atoms with E-state index < -0.39 is 0 Å². The average Bonchev–Trinajstić information content (AvgIpc) is 2.40. The van der Waals surface area contributed by atoms with Gasteiger partial charge in [-0.25, -0.2) is 0 Å². The molecule has 1 aromatic carbocycles. The van der Waals surface area contributed by atoms with Gasteiger partial charge in [0.05, 0.1) is 24.4 Å². The third-order valence-electron chi connectivity index (χ3n) is 2.38. The molecule has 5 nitrogen and oxygen atoms in total. The van der Waals surface area contributed by atoms with E-state index in [1.54, 1.807) is 13.3 Å². The van der Waals surface area contributed by atoms with Gasteiger partial charge in [-0.15, -0.1) is 0 Å². The van der Waals surface area contributed by atoms with Gasteiger partial charge in [0.25, 0.3) is 0 Å². The minimum atomic E-state index is 0.117. The van der Waals surface area contributed by atoms with E-state index in [9.17, 15) is 0 Å². The summed E-state index contributed by atoms with van der Waals surface area (Å²) in [7, 11) is 1.60. The highest BCUT2D eigenvalue weighted by atomic mass is 79.9. The lowest BCUT2D eigenvalue weighted by atomic mass is 10.2. The van der Waals surface area contributed by atoms with Gasteiger partial charge in [0, 0.05) is 0 Å². The molecular weight excluding hydrogens is 342 g/mol. The van der Waals surface area contributed by atoms with Crippen molar-refractivity contribution in [3.8, 4) is 11.5 Å². The Labute approximate surface area is 132 Å². The number of unbranched alkanes of at least 4 members (excludes halogenated alkanes) is 1. The number of thiocarbonyl (C=S) groups is 1. The van der Waals surface area contributed by atoms with Crippen molar-refractivity contribution < 1.29 is 9.47 Å². The molecule has 0 unspecified atom stereocenters. The van der Waals surface area contributed by atoms with Crippen molar-refractivity contribution >= 4 is 39.5 Å². The largest absolute Gasteiger partial charge is 0.493 e. The van der Waals surface area contributed by atoms with Crippen LogP contribution in [0.2, 0.25) is 0 Å². The fourth-order valence-corrected chi connectivity index (χ4v) is 2.07. The van der Waals surface area contributed by atoms with E-state index in [1.165, 1.54) is 0 Å². The number of halogens is 1. The van der Waals surface area contributed by atoms with Crippen LogP contribution >= 0.6 is 28.1 Å². The Morgan fingerprint density at radius 1 is 1.55 bits per heavy atom. The van der Waals surface area contributed by atoms with Crippen LogP contribution < -0.4 is 20.6 Å². The SMILES string of the molecule is CCCCOc1c(Br)cc(C=NNC(N)=S)cc1OC. The fraction of sp³-hybridized carbons (Fsp3) is 0.385. The van der Waals surface area contributed by atoms with E-state index in [2.05, 4.69) is 45.6 Å². The molecule has 0 atom stereocenters. The molecule has 0 fully saturated rings. The lowest BCUT2D eigenvalue weighted by molar-refractivity contribution is 0.286. The molecule has 0 amide bonds. The molecule has 0 spiro atoms. The van der Waals surface area contributed by atoms with Gasteiger partial charge in [-0.05, 0) is 52.3 Å². The minimum Gasteiger partial charge on any atom is -0.493 e. The van der Waals surface area contributed by atoms with Crippen LogP contribution in [0.1, 0.15) is 25.3 Å². The van der Waals surface area contributed by atoms with Gasteiger partial charge in [0.1, 0.15) is 0 Å². The number of nitrogens with two attached hydrogens (primary N) is 1. The summed E-state index contributed by atoms with van der Waals surface area (Å²) in [6.45, 7) is 2.77. The van der Waals surface area contributed by atoms with Gasteiger partial charge in [-0.3, -0.25) is 5.43 Å². The summed E-state index contributed by atoms with van der Waals surface area (Å²) in [5.41, 5.74) is 8.62. The Morgan fingerprint density at radius 3 is 2.90 bits per heavy atom. The molecule has 0 radical (unpaired) electrons. The smallest absolute Gasteiger partial charge is 0.184 e. The number of nitrogens with one attached hydrogen (secondary N) is 1. The van der Waals surface area contributed by atoms with E-state index >= 15 is 0 Å². The lowest BCUT2D eigenvalue weighted by Crippen LogP contribution is -2.23. The topological polar surface area (TPSA) is 68.9 Å². The molecule has 1 rings (SSSR count). The average molecular weight is 360 g/mol. The highest BCUT2D eigenvalue weighted by Gasteiger charge is 2.10. The summed E-state index contributed by atoms with van der Waals surface area (Å²) in [6, 6.07) is 3.71. The first kappa shape index (κ1) is 16.7. The Morgan fingerprint density at radius 2 is 2.30 bits per heavy atom. The first-order chi connectivity index (χ1) is 9.58. The summed E-state index contributed by atoms with van der Waals surface area (Å²) in [4.78, 5) is 0. The molecule has 0 aromatic heterocycles. The molecule has 0 saturated heterocycles. The summed E-state index contributed by atoms with van der Waals surface area (Å²) in [5, 5.41) is 4.02. The molecule has 7 heteroatoms. The van der Waals surface area contributed by atoms with Crippen LogP contribution in [0.15, 0.2) is 21.7 Å². The maximum absolute atomic E-state index is 5.72. The monoisotopic (exact) mass is 359 g/mol. The Hall–Kier alpha value is -1.34. The molecule has 0 aliphatic heterocycles. The second-order valence-electron chi connectivity index (χ2n) is 3.97. The normalized spacial score (nSPS) is 10.6. The summed E-state index contributed by atoms with van der Waals surface area (Å²) < 4.78 is 11.9. The van der Waals surface area contributed by atoms with Crippen molar-refractivity contribution in [2.24, 2.45) is 10.8 Å². The second kappa shape index (κ2) is 8.76. The molecule has 110 valence electrons. The predicted octanol–water partition coefficient (Wildman–Crippen LogP) is 2.80. The summed E-state index contributed by atoms with van der Waals surface area (Å²) in [6.07, 6.45) is 3.67. The van der Waals surface area contributed by atoms with Gasteiger partial charge in [-0.1, -0.05) is 13.3 Å². The first-order valence-corrected chi connectivity index (χ1v) is 7.37. The molecule has 0 heterocycles. The molecule has 20 heavy (non-hydrogen) atoms. The van der Waals surface area contributed by atoms with Crippen LogP contribution in [0.3, 0.4) is 0 Å². The molecule has 1 aromatic rings. The number of rotatable bonds is 7. The Kier molecular flexibility index (Phi) is 7.32. The van der Waals surface area contributed by atoms with Crippen LogP contribution in [-0.2, 0) is 0 Å². The maximum atomic E-state index is 5.72. The minimum absolute atomic E-state index is 0.117. The third-order valence-corrected chi connectivity index (χ3v) is 3.06. The molecule has 0 bridgehead atoms. The van der Waals surface area contributed by atoms with Crippen molar-refractivity contribution in [2.75, 3.05) is 13.7 Å². The van der Waals surface area contributed by atoms with Crippen molar-refractivity contribution in [3.05, 3.63) is 22.2 Å². The first-order valence-electron chi connectivity index (χ1n) is 6.17. The fourth-order valence-electron chi connectivity index (χ4n) is 1.44. The van der Waals surface area contributed by atoms with Crippen LogP contribution in [-0.4, -0.2) is 25.0 Å². The van der Waals surface area contributed by atoms with Crippen molar-refractivity contribution in [1.29, 1.82) is 0 Å². The van der Waals surface area contributed by atoms with Crippen LogP contribution in [0.5, 0.6) is 11.5 Å². The number of hydrogen-bond donors (Lipinski definition) is 2. The van der Waals surface area contributed by atoms with Crippen LogP contribution in [0, 0.1) is 0 Å².